The molecular formula is C19H17BrFNO2. The highest BCUT2D eigenvalue weighted by molar-refractivity contribution is 9.10. The van der Waals surface area contributed by atoms with Crippen molar-refractivity contribution in [1.29, 1.82) is 5.26 Å². The second kappa shape index (κ2) is 8.51. The van der Waals surface area contributed by atoms with Crippen molar-refractivity contribution >= 4 is 27.6 Å². The molecule has 0 unspecified atom stereocenters. The van der Waals surface area contributed by atoms with Gasteiger partial charge in [0.05, 0.1) is 24.9 Å². The Morgan fingerprint density at radius 3 is 2.38 bits per heavy atom. The topological polar surface area (TPSA) is 42.2 Å². The molecule has 2 rings (SSSR count). The molecule has 0 aromatic heterocycles. The Morgan fingerprint density at radius 1 is 1.17 bits per heavy atom. The largest absolute Gasteiger partial charge is 0.490 e. The number of ether oxygens (including phenoxy) is 2. The lowest BCUT2D eigenvalue weighted by Gasteiger charge is -2.13. The Labute approximate surface area is 149 Å². The molecule has 0 atom stereocenters. The molecule has 0 aliphatic rings. The van der Waals surface area contributed by atoms with E-state index in [2.05, 4.69) is 22.0 Å². The third kappa shape index (κ3) is 4.15. The number of hydrogen-bond acceptors (Lipinski definition) is 3. The summed E-state index contributed by atoms with van der Waals surface area (Å²) in [6, 6.07) is 11.8. The molecule has 0 aliphatic heterocycles. The van der Waals surface area contributed by atoms with Crippen molar-refractivity contribution in [1.82, 2.24) is 0 Å². The van der Waals surface area contributed by atoms with E-state index in [-0.39, 0.29) is 11.1 Å². The molecule has 0 heterocycles. The predicted molar refractivity (Wildman–Crippen MR) is 96.4 cm³/mol. The molecule has 3 nitrogen and oxygen atoms in total. The van der Waals surface area contributed by atoms with Gasteiger partial charge >= 0.3 is 0 Å². The fraction of sp³-hybridized carbons (Fsp3) is 0.211. The van der Waals surface area contributed by atoms with Gasteiger partial charge in [0.15, 0.2) is 11.5 Å². The van der Waals surface area contributed by atoms with Crippen LogP contribution >= 0.6 is 15.9 Å². The van der Waals surface area contributed by atoms with E-state index < -0.39 is 5.82 Å². The highest BCUT2D eigenvalue weighted by Crippen LogP contribution is 2.35. The van der Waals surface area contributed by atoms with Gasteiger partial charge in [-0.25, -0.2) is 4.39 Å². The van der Waals surface area contributed by atoms with Crippen LogP contribution in [0, 0.1) is 17.1 Å². The maximum atomic E-state index is 13.9. The van der Waals surface area contributed by atoms with E-state index in [0.29, 0.717) is 30.3 Å². The molecule has 0 amide bonds. The van der Waals surface area contributed by atoms with Crippen LogP contribution in [0.25, 0.3) is 11.6 Å². The molecule has 0 saturated heterocycles. The van der Waals surface area contributed by atoms with Gasteiger partial charge in [-0.1, -0.05) is 34.1 Å². The molecular weight excluding hydrogens is 373 g/mol. The monoisotopic (exact) mass is 389 g/mol. The Balaban J connectivity index is 2.52. The van der Waals surface area contributed by atoms with E-state index in [1.165, 1.54) is 6.07 Å². The van der Waals surface area contributed by atoms with Gasteiger partial charge in [-0.15, -0.1) is 0 Å². The lowest BCUT2D eigenvalue weighted by molar-refractivity contribution is 0.287. The normalized spacial score (nSPS) is 11.0. The highest BCUT2D eigenvalue weighted by atomic mass is 79.9. The summed E-state index contributed by atoms with van der Waals surface area (Å²) in [6.07, 6.45) is 1.63. The third-order valence-corrected chi connectivity index (χ3v) is 3.93. The van der Waals surface area contributed by atoms with Crippen LogP contribution in [0.2, 0.25) is 0 Å². The molecule has 0 fully saturated rings. The van der Waals surface area contributed by atoms with Crippen LogP contribution in [0.4, 0.5) is 4.39 Å². The van der Waals surface area contributed by atoms with Gasteiger partial charge in [0.25, 0.3) is 0 Å². The fourth-order valence-corrected chi connectivity index (χ4v) is 2.64. The van der Waals surface area contributed by atoms with Crippen molar-refractivity contribution in [2.24, 2.45) is 0 Å². The van der Waals surface area contributed by atoms with Gasteiger partial charge in [0.1, 0.15) is 5.82 Å². The third-order valence-electron chi connectivity index (χ3n) is 3.25. The van der Waals surface area contributed by atoms with Crippen molar-refractivity contribution < 1.29 is 13.9 Å². The number of benzene rings is 2. The summed E-state index contributed by atoms with van der Waals surface area (Å²) >= 11 is 3.47. The summed E-state index contributed by atoms with van der Waals surface area (Å²) < 4.78 is 25.8. The number of halogens is 2. The smallest absolute Gasteiger partial charge is 0.162 e. The summed E-state index contributed by atoms with van der Waals surface area (Å²) in [6.45, 7) is 4.78. The highest BCUT2D eigenvalue weighted by Gasteiger charge is 2.12. The molecule has 0 N–H and O–H groups in total. The van der Waals surface area contributed by atoms with Gasteiger partial charge in [0, 0.05) is 10.0 Å². The van der Waals surface area contributed by atoms with Gasteiger partial charge in [0.2, 0.25) is 0 Å². The summed E-state index contributed by atoms with van der Waals surface area (Å²) in [7, 11) is 0. The van der Waals surface area contributed by atoms with E-state index in [4.69, 9.17) is 9.47 Å². The average Bonchev–Trinajstić information content (AvgIpc) is 2.57. The SMILES string of the molecule is CCOc1cc(Br)c(/C=C(/C#N)c2ccccc2F)cc1OCC. The van der Waals surface area contributed by atoms with Crippen molar-refractivity contribution in [3.8, 4) is 17.6 Å². The zero-order valence-corrected chi connectivity index (χ0v) is 15.1. The van der Waals surface area contributed by atoms with Gasteiger partial charge in [-0.2, -0.15) is 5.26 Å². The van der Waals surface area contributed by atoms with Gasteiger partial charge in [-0.05, 0) is 43.7 Å². The van der Waals surface area contributed by atoms with Crippen LogP contribution < -0.4 is 9.47 Å². The van der Waals surface area contributed by atoms with Crippen LogP contribution in [0.15, 0.2) is 40.9 Å². The standard InChI is InChI=1S/C19H17BrFNO2/c1-3-23-18-10-13(16(20)11-19(18)24-4-2)9-14(12-22)15-7-5-6-8-17(15)21/h5-11H,3-4H2,1-2H3/b14-9-. The first-order valence-corrected chi connectivity index (χ1v) is 8.35. The maximum Gasteiger partial charge on any atom is 0.162 e. The Bertz CT molecular complexity index is 796. The van der Waals surface area contributed by atoms with Gasteiger partial charge in [-0.3, -0.25) is 0 Å². The molecule has 0 bridgehead atoms. The van der Waals surface area contributed by atoms with Crippen molar-refractivity contribution in [3.63, 3.8) is 0 Å². The zero-order chi connectivity index (χ0) is 17.5. The number of nitrogens with zero attached hydrogens (tertiary/aromatic N) is 1. The predicted octanol–water partition coefficient (Wildman–Crippen LogP) is 5.45. The molecule has 2 aromatic rings. The number of nitriles is 1. The molecule has 0 spiro atoms. The molecule has 5 heteroatoms. The minimum Gasteiger partial charge on any atom is -0.490 e. The Kier molecular flexibility index (Phi) is 6.39. The maximum absolute atomic E-state index is 13.9. The average molecular weight is 390 g/mol. The van der Waals surface area contributed by atoms with Crippen molar-refractivity contribution in [3.05, 3.63) is 57.8 Å². The minimum atomic E-state index is -0.433. The molecule has 124 valence electrons. The number of allylic oxidation sites excluding steroid dienone is 1. The first kappa shape index (κ1) is 18.0. The van der Waals surface area contributed by atoms with E-state index in [0.717, 1.165) is 4.47 Å². The van der Waals surface area contributed by atoms with E-state index in [9.17, 15) is 9.65 Å². The van der Waals surface area contributed by atoms with Crippen LogP contribution in [-0.2, 0) is 0 Å². The molecule has 24 heavy (non-hydrogen) atoms. The lowest BCUT2D eigenvalue weighted by Crippen LogP contribution is -1.99. The molecule has 2 aromatic carbocycles. The van der Waals surface area contributed by atoms with Crippen LogP contribution in [-0.4, -0.2) is 13.2 Å². The van der Waals surface area contributed by atoms with Crippen molar-refractivity contribution in [2.45, 2.75) is 13.8 Å². The fourth-order valence-electron chi connectivity index (χ4n) is 2.20. The van der Waals surface area contributed by atoms with Crippen LogP contribution in [0.1, 0.15) is 25.0 Å². The summed E-state index contributed by atoms with van der Waals surface area (Å²) in [5.74, 6) is 0.768. The van der Waals surface area contributed by atoms with E-state index >= 15 is 0 Å². The van der Waals surface area contributed by atoms with Crippen LogP contribution in [0.5, 0.6) is 11.5 Å². The number of rotatable bonds is 6. The van der Waals surface area contributed by atoms with Gasteiger partial charge < -0.3 is 9.47 Å². The summed E-state index contributed by atoms with van der Waals surface area (Å²) in [5, 5.41) is 9.41. The first-order valence-electron chi connectivity index (χ1n) is 7.56. The minimum absolute atomic E-state index is 0.236. The molecule has 0 aliphatic carbocycles. The second-order valence-corrected chi connectivity index (χ2v) is 5.69. The molecule has 0 radical (unpaired) electrons. The second-order valence-electron chi connectivity index (χ2n) is 4.84. The number of hydrogen-bond donors (Lipinski definition) is 0. The molecule has 0 saturated carbocycles. The quantitative estimate of drug-likeness (QED) is 0.487. The lowest BCUT2D eigenvalue weighted by atomic mass is 10.0. The Morgan fingerprint density at radius 2 is 1.79 bits per heavy atom. The van der Waals surface area contributed by atoms with E-state index in [1.807, 2.05) is 13.8 Å². The van der Waals surface area contributed by atoms with Crippen LogP contribution in [0.3, 0.4) is 0 Å². The summed E-state index contributed by atoms with van der Waals surface area (Å²) in [4.78, 5) is 0. The first-order chi connectivity index (χ1) is 11.6. The summed E-state index contributed by atoms with van der Waals surface area (Å²) in [5.41, 5.74) is 1.21. The van der Waals surface area contributed by atoms with Crippen molar-refractivity contribution in [2.75, 3.05) is 13.2 Å². The Hall–Kier alpha value is -2.32. The zero-order valence-electron chi connectivity index (χ0n) is 13.5. The van der Waals surface area contributed by atoms with E-state index in [1.54, 1.807) is 36.4 Å².